The van der Waals surface area contributed by atoms with E-state index in [-0.39, 0.29) is 18.4 Å². The molecule has 0 radical (unpaired) electrons. The first kappa shape index (κ1) is 19.1. The van der Waals surface area contributed by atoms with Crippen LogP contribution < -0.4 is 4.74 Å². The maximum atomic E-state index is 12.8. The van der Waals surface area contributed by atoms with Gasteiger partial charge in [0.1, 0.15) is 10.8 Å². The Labute approximate surface area is 164 Å². The first-order chi connectivity index (χ1) is 13.0. The fourth-order valence-corrected chi connectivity index (χ4v) is 3.83. The minimum atomic E-state index is -0.0801. The van der Waals surface area contributed by atoms with Crippen molar-refractivity contribution in [3.05, 3.63) is 70.7 Å². The van der Waals surface area contributed by atoms with Gasteiger partial charge in [-0.15, -0.1) is 11.3 Å². The summed E-state index contributed by atoms with van der Waals surface area (Å²) in [6, 6.07) is 16.0. The second-order valence-corrected chi connectivity index (χ2v) is 7.47. The fourth-order valence-electron chi connectivity index (χ4n) is 3.01. The third-order valence-corrected chi connectivity index (χ3v) is 5.65. The number of aryl methyl sites for hydroxylation is 1. The van der Waals surface area contributed by atoms with Gasteiger partial charge in [-0.2, -0.15) is 0 Å². The zero-order chi connectivity index (χ0) is 19.4. The van der Waals surface area contributed by atoms with Crippen molar-refractivity contribution >= 4 is 17.2 Å². The lowest BCUT2D eigenvalue weighted by Crippen LogP contribution is -2.31. The van der Waals surface area contributed by atoms with Gasteiger partial charge in [0.05, 0.1) is 25.3 Å². The predicted octanol–water partition coefficient (Wildman–Crippen LogP) is 4.89. The van der Waals surface area contributed by atoms with Crippen LogP contribution in [0.5, 0.6) is 5.75 Å². The molecule has 2 aromatic carbocycles. The Bertz CT molecular complexity index is 935. The highest BCUT2D eigenvalue weighted by Gasteiger charge is 2.21. The number of carbonyl (C=O) groups excluding carboxylic acids is 1. The van der Waals surface area contributed by atoms with E-state index in [4.69, 9.17) is 4.74 Å². The molecular formula is C22H24N2O2S. The molecule has 0 bridgehead atoms. The van der Waals surface area contributed by atoms with Crippen LogP contribution in [0.2, 0.25) is 0 Å². The van der Waals surface area contributed by atoms with Crippen molar-refractivity contribution in [2.45, 2.75) is 26.3 Å². The molecule has 0 aliphatic heterocycles. The number of rotatable bonds is 6. The minimum Gasteiger partial charge on any atom is -0.496 e. The molecule has 0 saturated heterocycles. The summed E-state index contributed by atoms with van der Waals surface area (Å²) in [5, 5.41) is 2.92. The van der Waals surface area contributed by atoms with Gasteiger partial charge in [0.25, 0.3) is 0 Å². The molecule has 4 nitrogen and oxygen atoms in total. The smallest absolute Gasteiger partial charge is 0.228 e. The van der Waals surface area contributed by atoms with Gasteiger partial charge >= 0.3 is 0 Å². The molecule has 27 heavy (non-hydrogen) atoms. The van der Waals surface area contributed by atoms with Crippen molar-refractivity contribution in [2.75, 3.05) is 14.2 Å². The normalized spacial score (nSPS) is 11.9. The minimum absolute atomic E-state index is 0.0366. The van der Waals surface area contributed by atoms with Gasteiger partial charge in [0, 0.05) is 23.6 Å². The van der Waals surface area contributed by atoms with Crippen molar-refractivity contribution in [1.29, 1.82) is 0 Å². The molecule has 1 amide bonds. The standard InChI is InChI=1S/C22H24N2O2S/c1-15-8-7-9-17(12-15)22-23-18(14-27-22)13-21(25)24(3)16(2)19-10-5-6-11-20(19)26-4/h5-12,14,16H,13H2,1-4H3. The molecule has 0 fully saturated rings. The average Bonchev–Trinajstić information content (AvgIpc) is 3.15. The molecule has 1 unspecified atom stereocenters. The summed E-state index contributed by atoms with van der Waals surface area (Å²) < 4.78 is 5.43. The van der Waals surface area contributed by atoms with E-state index in [2.05, 4.69) is 24.0 Å². The van der Waals surface area contributed by atoms with Crippen LogP contribution in [0.1, 0.15) is 29.8 Å². The molecule has 3 aromatic rings. The lowest BCUT2D eigenvalue weighted by Gasteiger charge is -2.26. The van der Waals surface area contributed by atoms with E-state index in [1.807, 2.05) is 55.7 Å². The van der Waals surface area contributed by atoms with Gasteiger partial charge < -0.3 is 9.64 Å². The quantitative estimate of drug-likeness (QED) is 0.611. The average molecular weight is 381 g/mol. The highest BCUT2D eigenvalue weighted by molar-refractivity contribution is 7.13. The first-order valence-corrected chi connectivity index (χ1v) is 9.77. The largest absolute Gasteiger partial charge is 0.496 e. The zero-order valence-electron chi connectivity index (χ0n) is 16.1. The maximum Gasteiger partial charge on any atom is 0.228 e. The van der Waals surface area contributed by atoms with Crippen LogP contribution in [0.25, 0.3) is 10.6 Å². The SMILES string of the molecule is COc1ccccc1C(C)N(C)C(=O)Cc1csc(-c2cccc(C)c2)n1. The van der Waals surface area contributed by atoms with E-state index in [0.717, 1.165) is 27.6 Å². The van der Waals surface area contributed by atoms with Crippen molar-refractivity contribution in [3.8, 4) is 16.3 Å². The summed E-state index contributed by atoms with van der Waals surface area (Å²) >= 11 is 1.57. The number of hydrogen-bond acceptors (Lipinski definition) is 4. The number of thiazole rings is 1. The van der Waals surface area contributed by atoms with E-state index in [9.17, 15) is 4.79 Å². The highest BCUT2D eigenvalue weighted by atomic mass is 32.1. The van der Waals surface area contributed by atoms with Gasteiger partial charge in [-0.1, -0.05) is 42.0 Å². The van der Waals surface area contributed by atoms with Crippen molar-refractivity contribution in [2.24, 2.45) is 0 Å². The molecule has 0 saturated carbocycles. The van der Waals surface area contributed by atoms with Crippen LogP contribution in [-0.4, -0.2) is 29.9 Å². The number of likely N-dealkylation sites (N-methyl/N-ethyl adjacent to an activating group) is 1. The number of aromatic nitrogens is 1. The van der Waals surface area contributed by atoms with Crippen LogP contribution in [0.15, 0.2) is 53.9 Å². The van der Waals surface area contributed by atoms with Crippen molar-refractivity contribution in [3.63, 3.8) is 0 Å². The number of methoxy groups -OCH3 is 1. The Balaban J connectivity index is 1.71. The second-order valence-electron chi connectivity index (χ2n) is 6.61. The van der Waals surface area contributed by atoms with Crippen molar-refractivity contribution < 1.29 is 9.53 Å². The second kappa shape index (κ2) is 8.35. The number of para-hydroxylation sites is 1. The summed E-state index contributed by atoms with van der Waals surface area (Å²) in [6.45, 7) is 4.07. The Morgan fingerprint density at radius 2 is 2.00 bits per heavy atom. The van der Waals surface area contributed by atoms with E-state index < -0.39 is 0 Å². The lowest BCUT2D eigenvalue weighted by molar-refractivity contribution is -0.131. The summed E-state index contributed by atoms with van der Waals surface area (Å²) in [6.07, 6.45) is 0.290. The molecule has 0 aliphatic carbocycles. The van der Waals surface area contributed by atoms with Crippen LogP contribution in [0.3, 0.4) is 0 Å². The first-order valence-electron chi connectivity index (χ1n) is 8.89. The molecule has 0 N–H and O–H groups in total. The predicted molar refractivity (Wildman–Crippen MR) is 110 cm³/mol. The summed E-state index contributed by atoms with van der Waals surface area (Å²) in [7, 11) is 3.47. The van der Waals surface area contributed by atoms with E-state index in [1.165, 1.54) is 5.56 Å². The third-order valence-electron chi connectivity index (χ3n) is 4.71. The van der Waals surface area contributed by atoms with Gasteiger partial charge in [-0.3, -0.25) is 4.79 Å². The van der Waals surface area contributed by atoms with Crippen LogP contribution in [0.4, 0.5) is 0 Å². The molecule has 1 atom stereocenters. The summed E-state index contributed by atoms with van der Waals surface area (Å²) in [5.74, 6) is 0.828. The van der Waals surface area contributed by atoms with E-state index in [1.54, 1.807) is 23.3 Å². The van der Waals surface area contributed by atoms with Gasteiger partial charge in [0.2, 0.25) is 5.91 Å². The van der Waals surface area contributed by atoms with E-state index >= 15 is 0 Å². The molecule has 1 aromatic heterocycles. The van der Waals surface area contributed by atoms with Gasteiger partial charge in [0.15, 0.2) is 0 Å². The molecular weight excluding hydrogens is 356 g/mol. The lowest BCUT2D eigenvalue weighted by atomic mass is 10.1. The van der Waals surface area contributed by atoms with Crippen LogP contribution in [0, 0.1) is 6.92 Å². The van der Waals surface area contributed by atoms with Crippen LogP contribution in [-0.2, 0) is 11.2 Å². The summed E-state index contributed by atoms with van der Waals surface area (Å²) in [5.41, 5.74) is 4.09. The maximum absolute atomic E-state index is 12.8. The Hall–Kier alpha value is -2.66. The monoisotopic (exact) mass is 380 g/mol. The van der Waals surface area contributed by atoms with Gasteiger partial charge in [-0.25, -0.2) is 4.98 Å². The number of carbonyl (C=O) groups is 1. The third kappa shape index (κ3) is 4.37. The van der Waals surface area contributed by atoms with Crippen molar-refractivity contribution in [1.82, 2.24) is 9.88 Å². The molecule has 3 rings (SSSR count). The molecule has 5 heteroatoms. The van der Waals surface area contributed by atoms with Crippen LogP contribution >= 0.6 is 11.3 Å². The van der Waals surface area contributed by atoms with Gasteiger partial charge in [-0.05, 0) is 26.0 Å². The fraction of sp³-hybridized carbons (Fsp3) is 0.273. The Morgan fingerprint density at radius 1 is 1.22 bits per heavy atom. The zero-order valence-corrected chi connectivity index (χ0v) is 16.9. The molecule has 140 valence electrons. The number of benzene rings is 2. The van der Waals surface area contributed by atoms with E-state index in [0.29, 0.717) is 0 Å². The molecule has 0 aliphatic rings. The molecule has 0 spiro atoms. The number of nitrogens with zero attached hydrogens (tertiary/aromatic N) is 2. The number of hydrogen-bond donors (Lipinski definition) is 0. The number of amides is 1. The highest BCUT2D eigenvalue weighted by Crippen LogP contribution is 2.29. The Morgan fingerprint density at radius 3 is 2.74 bits per heavy atom. The topological polar surface area (TPSA) is 42.4 Å². The summed E-state index contributed by atoms with van der Waals surface area (Å²) in [4.78, 5) is 19.2. The molecule has 1 heterocycles. The number of ether oxygens (including phenoxy) is 1. The Kier molecular flexibility index (Phi) is 5.91.